The summed E-state index contributed by atoms with van der Waals surface area (Å²) in [5.41, 5.74) is 5.86. The Labute approximate surface area is 109 Å². The first-order chi connectivity index (χ1) is 7.84. The maximum absolute atomic E-state index is 5.86. The summed E-state index contributed by atoms with van der Waals surface area (Å²) in [4.78, 5) is 2.42. The molecule has 96 valence electrons. The molecular formula is C13H21ClN2O. The fourth-order valence-electron chi connectivity index (χ4n) is 1.99. The van der Waals surface area contributed by atoms with Crippen LogP contribution in [0.3, 0.4) is 0 Å². The molecule has 2 rings (SSSR count). The van der Waals surface area contributed by atoms with E-state index in [1.54, 1.807) is 0 Å². The van der Waals surface area contributed by atoms with Crippen LogP contribution in [0.2, 0.25) is 0 Å². The summed E-state index contributed by atoms with van der Waals surface area (Å²) in [5, 5.41) is 0. The predicted molar refractivity (Wildman–Crippen MR) is 72.8 cm³/mol. The van der Waals surface area contributed by atoms with Gasteiger partial charge >= 0.3 is 0 Å². The van der Waals surface area contributed by atoms with Crippen LogP contribution in [0.15, 0.2) is 30.3 Å². The first-order valence-corrected chi connectivity index (χ1v) is 6.00. The van der Waals surface area contributed by atoms with Gasteiger partial charge in [0.15, 0.2) is 0 Å². The van der Waals surface area contributed by atoms with Crippen molar-refractivity contribution in [1.82, 2.24) is 4.90 Å². The fourth-order valence-corrected chi connectivity index (χ4v) is 1.99. The molecule has 0 bridgehead atoms. The number of para-hydroxylation sites is 1. The van der Waals surface area contributed by atoms with Crippen molar-refractivity contribution < 1.29 is 4.74 Å². The smallest absolute Gasteiger partial charge is 0.119 e. The highest BCUT2D eigenvalue weighted by Crippen LogP contribution is 2.10. The second-order valence-corrected chi connectivity index (χ2v) is 4.34. The first-order valence-electron chi connectivity index (χ1n) is 6.00. The van der Waals surface area contributed by atoms with Crippen molar-refractivity contribution in [2.75, 3.05) is 26.2 Å². The van der Waals surface area contributed by atoms with Gasteiger partial charge in [0.05, 0.1) is 0 Å². The SMILES string of the molecule is Cl.NC1CCN(CCOc2ccccc2)CC1. The molecule has 1 aliphatic heterocycles. The third kappa shape index (κ3) is 4.94. The third-order valence-corrected chi connectivity index (χ3v) is 3.05. The number of piperidine rings is 1. The van der Waals surface area contributed by atoms with E-state index in [0.717, 1.165) is 44.8 Å². The lowest BCUT2D eigenvalue weighted by Crippen LogP contribution is -2.41. The molecule has 1 aromatic carbocycles. The van der Waals surface area contributed by atoms with Crippen LogP contribution in [0.25, 0.3) is 0 Å². The van der Waals surface area contributed by atoms with Crippen LogP contribution >= 0.6 is 12.4 Å². The molecule has 2 N–H and O–H groups in total. The Balaban J connectivity index is 0.00000144. The van der Waals surface area contributed by atoms with Crippen molar-refractivity contribution in [3.05, 3.63) is 30.3 Å². The summed E-state index contributed by atoms with van der Waals surface area (Å²) in [7, 11) is 0. The molecule has 0 saturated carbocycles. The molecule has 0 amide bonds. The third-order valence-electron chi connectivity index (χ3n) is 3.05. The number of hydrogen-bond donors (Lipinski definition) is 1. The summed E-state index contributed by atoms with van der Waals surface area (Å²) in [6, 6.07) is 10.4. The minimum Gasteiger partial charge on any atom is -0.492 e. The number of nitrogens with zero attached hydrogens (tertiary/aromatic N) is 1. The maximum Gasteiger partial charge on any atom is 0.119 e. The van der Waals surface area contributed by atoms with Crippen LogP contribution in [0.5, 0.6) is 5.75 Å². The van der Waals surface area contributed by atoms with Gasteiger partial charge in [-0.15, -0.1) is 12.4 Å². The number of likely N-dealkylation sites (tertiary alicyclic amines) is 1. The number of rotatable bonds is 4. The Morgan fingerprint density at radius 1 is 1.18 bits per heavy atom. The molecule has 1 saturated heterocycles. The molecule has 0 aliphatic carbocycles. The topological polar surface area (TPSA) is 38.5 Å². The van der Waals surface area contributed by atoms with Gasteiger partial charge < -0.3 is 10.5 Å². The van der Waals surface area contributed by atoms with Crippen LogP contribution in [0.4, 0.5) is 0 Å². The average molecular weight is 257 g/mol. The van der Waals surface area contributed by atoms with Gasteiger partial charge in [0.2, 0.25) is 0 Å². The molecule has 3 nitrogen and oxygen atoms in total. The Hall–Kier alpha value is -0.770. The van der Waals surface area contributed by atoms with Crippen molar-refractivity contribution in [3.8, 4) is 5.75 Å². The maximum atomic E-state index is 5.86. The van der Waals surface area contributed by atoms with E-state index in [1.165, 1.54) is 0 Å². The zero-order chi connectivity index (χ0) is 11.2. The van der Waals surface area contributed by atoms with Crippen LogP contribution < -0.4 is 10.5 Å². The van der Waals surface area contributed by atoms with Crippen molar-refractivity contribution in [3.63, 3.8) is 0 Å². The molecule has 0 atom stereocenters. The first kappa shape index (κ1) is 14.3. The highest BCUT2D eigenvalue weighted by molar-refractivity contribution is 5.85. The molecule has 0 radical (unpaired) electrons. The van der Waals surface area contributed by atoms with E-state index in [4.69, 9.17) is 10.5 Å². The number of benzene rings is 1. The quantitative estimate of drug-likeness (QED) is 0.895. The van der Waals surface area contributed by atoms with E-state index in [-0.39, 0.29) is 12.4 Å². The van der Waals surface area contributed by atoms with Crippen molar-refractivity contribution >= 4 is 12.4 Å². The van der Waals surface area contributed by atoms with Gasteiger partial charge in [-0.2, -0.15) is 0 Å². The lowest BCUT2D eigenvalue weighted by Gasteiger charge is -2.29. The Morgan fingerprint density at radius 3 is 2.47 bits per heavy atom. The zero-order valence-corrected chi connectivity index (χ0v) is 10.9. The van der Waals surface area contributed by atoms with Gasteiger partial charge in [-0.1, -0.05) is 18.2 Å². The molecule has 0 unspecified atom stereocenters. The number of halogens is 1. The molecule has 1 heterocycles. The van der Waals surface area contributed by atoms with E-state index in [1.807, 2.05) is 30.3 Å². The second kappa shape index (κ2) is 7.54. The van der Waals surface area contributed by atoms with Gasteiger partial charge in [0.1, 0.15) is 12.4 Å². The lowest BCUT2D eigenvalue weighted by atomic mass is 10.1. The monoisotopic (exact) mass is 256 g/mol. The van der Waals surface area contributed by atoms with E-state index < -0.39 is 0 Å². The highest BCUT2D eigenvalue weighted by atomic mass is 35.5. The van der Waals surface area contributed by atoms with E-state index >= 15 is 0 Å². The van der Waals surface area contributed by atoms with Crippen molar-refractivity contribution in [1.29, 1.82) is 0 Å². The molecule has 17 heavy (non-hydrogen) atoms. The molecule has 1 fully saturated rings. The van der Waals surface area contributed by atoms with Crippen LogP contribution in [-0.2, 0) is 0 Å². The van der Waals surface area contributed by atoms with Crippen molar-refractivity contribution in [2.24, 2.45) is 5.73 Å². The van der Waals surface area contributed by atoms with E-state index in [9.17, 15) is 0 Å². The minimum absolute atomic E-state index is 0. The summed E-state index contributed by atoms with van der Waals surface area (Å²) < 4.78 is 5.66. The van der Waals surface area contributed by atoms with Crippen LogP contribution in [0, 0.1) is 0 Å². The molecule has 1 aromatic rings. The lowest BCUT2D eigenvalue weighted by molar-refractivity contribution is 0.174. The minimum atomic E-state index is 0. The Kier molecular flexibility index (Phi) is 6.34. The van der Waals surface area contributed by atoms with Crippen LogP contribution in [0.1, 0.15) is 12.8 Å². The second-order valence-electron chi connectivity index (χ2n) is 4.34. The summed E-state index contributed by atoms with van der Waals surface area (Å²) in [6.07, 6.45) is 2.23. The predicted octanol–water partition coefficient (Wildman–Crippen LogP) is 1.91. The number of ether oxygens (including phenoxy) is 1. The summed E-state index contributed by atoms with van der Waals surface area (Å²) >= 11 is 0. The summed E-state index contributed by atoms with van der Waals surface area (Å²) in [6.45, 7) is 3.99. The van der Waals surface area contributed by atoms with Gasteiger partial charge in [-0.3, -0.25) is 4.90 Å². The van der Waals surface area contributed by atoms with Gasteiger partial charge in [-0.05, 0) is 38.1 Å². The molecular weight excluding hydrogens is 236 g/mol. The molecule has 1 aliphatic rings. The van der Waals surface area contributed by atoms with Crippen molar-refractivity contribution in [2.45, 2.75) is 18.9 Å². The van der Waals surface area contributed by atoms with E-state index in [0.29, 0.717) is 6.04 Å². The van der Waals surface area contributed by atoms with Gasteiger partial charge in [0, 0.05) is 12.6 Å². The van der Waals surface area contributed by atoms with E-state index in [2.05, 4.69) is 4.90 Å². The normalized spacial score (nSPS) is 17.5. The Bertz CT molecular complexity index is 300. The molecule has 4 heteroatoms. The fraction of sp³-hybridized carbons (Fsp3) is 0.538. The average Bonchev–Trinajstić information content (AvgIpc) is 2.33. The zero-order valence-electron chi connectivity index (χ0n) is 10.0. The Morgan fingerprint density at radius 2 is 1.82 bits per heavy atom. The molecule has 0 spiro atoms. The number of hydrogen-bond acceptors (Lipinski definition) is 3. The van der Waals surface area contributed by atoms with Gasteiger partial charge in [0.25, 0.3) is 0 Å². The van der Waals surface area contributed by atoms with Crippen LogP contribution in [-0.4, -0.2) is 37.2 Å². The standard InChI is InChI=1S/C13H20N2O.ClH/c14-12-6-8-15(9-7-12)10-11-16-13-4-2-1-3-5-13;/h1-5,12H,6-11,14H2;1H. The largest absolute Gasteiger partial charge is 0.492 e. The number of nitrogens with two attached hydrogens (primary N) is 1. The summed E-state index contributed by atoms with van der Waals surface area (Å²) in [5.74, 6) is 0.955. The molecule has 0 aromatic heterocycles. The van der Waals surface area contributed by atoms with Gasteiger partial charge in [-0.25, -0.2) is 0 Å². The highest BCUT2D eigenvalue weighted by Gasteiger charge is 2.15.